The molecule has 0 radical (unpaired) electrons. The fraction of sp³-hybridized carbons (Fsp3) is 0.500. The Morgan fingerprint density at radius 3 is 2.57 bits per heavy atom. The lowest BCUT2D eigenvalue weighted by molar-refractivity contribution is -0.118. The lowest BCUT2D eigenvalue weighted by Crippen LogP contribution is -2.22. The first-order valence-electron chi connectivity index (χ1n) is 7.58. The van der Waals surface area contributed by atoms with Gasteiger partial charge in [-0.05, 0) is 55.1 Å². The number of hydrogen-bond acceptors (Lipinski definition) is 3. The molecule has 0 heterocycles. The Kier molecular flexibility index (Phi) is 2.71. The van der Waals surface area contributed by atoms with Gasteiger partial charge in [0.15, 0.2) is 5.84 Å². The predicted molar refractivity (Wildman–Crippen MR) is 78.9 cm³/mol. The van der Waals surface area contributed by atoms with Crippen LogP contribution in [0.3, 0.4) is 0 Å². The number of benzene rings is 1. The van der Waals surface area contributed by atoms with E-state index in [0.29, 0.717) is 23.1 Å². The number of amidine groups is 1. The molecule has 0 spiro atoms. The average molecular weight is 285 g/mol. The van der Waals surface area contributed by atoms with E-state index < -0.39 is 0 Å². The van der Waals surface area contributed by atoms with Crippen molar-refractivity contribution in [2.24, 2.45) is 40.5 Å². The van der Waals surface area contributed by atoms with Gasteiger partial charge in [0.25, 0.3) is 0 Å². The summed E-state index contributed by atoms with van der Waals surface area (Å²) in [6, 6.07) is 7.16. The van der Waals surface area contributed by atoms with Crippen LogP contribution in [0.1, 0.15) is 24.8 Å². The molecule has 0 aliphatic heterocycles. The predicted octanol–water partition coefficient (Wildman–Crippen LogP) is 2.01. The minimum Gasteiger partial charge on any atom is -0.409 e. The Bertz CT molecular complexity index is 612. The molecule has 5 nitrogen and oxygen atoms in total. The first-order chi connectivity index (χ1) is 10.2. The summed E-state index contributed by atoms with van der Waals surface area (Å²) in [5, 5.41) is 14.8. The summed E-state index contributed by atoms with van der Waals surface area (Å²) < 4.78 is 0. The van der Waals surface area contributed by atoms with E-state index in [4.69, 9.17) is 10.9 Å². The molecule has 1 amide bonds. The van der Waals surface area contributed by atoms with Crippen molar-refractivity contribution in [3.63, 3.8) is 0 Å². The van der Waals surface area contributed by atoms with Gasteiger partial charge in [-0.1, -0.05) is 17.3 Å². The van der Waals surface area contributed by atoms with Crippen molar-refractivity contribution in [3.8, 4) is 0 Å². The molecule has 4 unspecified atom stereocenters. The third kappa shape index (κ3) is 1.83. The largest absolute Gasteiger partial charge is 0.409 e. The number of nitrogens with one attached hydrogen (secondary N) is 1. The molecule has 0 aromatic heterocycles. The van der Waals surface area contributed by atoms with Gasteiger partial charge in [0.2, 0.25) is 5.91 Å². The number of nitrogens with two attached hydrogens (primary N) is 1. The number of amides is 1. The highest BCUT2D eigenvalue weighted by Gasteiger charge is 2.67. The smallest absolute Gasteiger partial charge is 0.228 e. The van der Waals surface area contributed by atoms with Crippen LogP contribution >= 0.6 is 0 Å². The Morgan fingerprint density at radius 2 is 1.90 bits per heavy atom. The zero-order valence-corrected chi connectivity index (χ0v) is 11.7. The fourth-order valence-corrected chi connectivity index (χ4v) is 4.76. The normalized spacial score (nSPS) is 36.4. The summed E-state index contributed by atoms with van der Waals surface area (Å²) in [5.41, 5.74) is 6.84. The van der Waals surface area contributed by atoms with E-state index in [1.165, 1.54) is 19.3 Å². The highest BCUT2D eigenvalue weighted by Crippen LogP contribution is 2.69. The Labute approximate surface area is 123 Å². The van der Waals surface area contributed by atoms with Crippen molar-refractivity contribution in [2.75, 3.05) is 5.32 Å². The average Bonchev–Trinajstić information content (AvgIpc) is 2.96. The first kappa shape index (κ1) is 12.7. The van der Waals surface area contributed by atoms with E-state index in [1.54, 1.807) is 18.2 Å². The van der Waals surface area contributed by atoms with Gasteiger partial charge >= 0.3 is 0 Å². The van der Waals surface area contributed by atoms with Crippen LogP contribution in [-0.2, 0) is 4.79 Å². The van der Waals surface area contributed by atoms with Gasteiger partial charge in [-0.2, -0.15) is 0 Å². The highest BCUT2D eigenvalue weighted by molar-refractivity contribution is 6.06. The number of fused-ring (bicyclic) bond motifs is 5. The van der Waals surface area contributed by atoms with Crippen LogP contribution in [0.15, 0.2) is 29.4 Å². The molecule has 21 heavy (non-hydrogen) atoms. The first-order valence-corrected chi connectivity index (χ1v) is 7.58. The van der Waals surface area contributed by atoms with Gasteiger partial charge in [-0.15, -0.1) is 0 Å². The second-order valence-corrected chi connectivity index (χ2v) is 6.53. The Morgan fingerprint density at radius 1 is 1.24 bits per heavy atom. The molecule has 4 N–H and O–H groups in total. The molecular weight excluding hydrogens is 266 g/mol. The maximum absolute atomic E-state index is 12.5. The molecule has 3 aliphatic carbocycles. The van der Waals surface area contributed by atoms with Crippen LogP contribution < -0.4 is 11.1 Å². The van der Waals surface area contributed by atoms with Gasteiger partial charge in [0.1, 0.15) is 0 Å². The second kappa shape index (κ2) is 4.48. The van der Waals surface area contributed by atoms with Gasteiger partial charge in [-0.3, -0.25) is 4.79 Å². The van der Waals surface area contributed by atoms with E-state index in [0.717, 1.165) is 11.8 Å². The van der Waals surface area contributed by atoms with Gasteiger partial charge in [0, 0.05) is 11.5 Å². The van der Waals surface area contributed by atoms with E-state index in [-0.39, 0.29) is 17.7 Å². The molecule has 110 valence electrons. The van der Waals surface area contributed by atoms with E-state index in [9.17, 15) is 4.79 Å². The van der Waals surface area contributed by atoms with E-state index >= 15 is 0 Å². The molecule has 4 rings (SSSR count). The SMILES string of the molecule is N/C(=N/O)c1ccccc1NC(=O)C1C2C3CCC(C3)C12. The van der Waals surface area contributed by atoms with Crippen LogP contribution in [0, 0.1) is 29.6 Å². The number of oxime groups is 1. The van der Waals surface area contributed by atoms with Gasteiger partial charge in [0.05, 0.1) is 5.69 Å². The number of hydrogen-bond donors (Lipinski definition) is 3. The molecule has 3 fully saturated rings. The summed E-state index contributed by atoms with van der Waals surface area (Å²) >= 11 is 0. The standard InChI is InChI=1S/C16H19N3O2/c17-15(19-21)10-3-1-2-4-11(10)18-16(20)14-12-8-5-6-9(7-8)13(12)14/h1-4,8-9,12-14,21H,5-7H2,(H2,17,19)(H,18,20). The Hall–Kier alpha value is -2.04. The lowest BCUT2D eigenvalue weighted by atomic mass is 10.0. The van der Waals surface area contributed by atoms with Crippen molar-refractivity contribution >= 4 is 17.4 Å². The third-order valence-electron chi connectivity index (χ3n) is 5.61. The lowest BCUT2D eigenvalue weighted by Gasteiger charge is -2.12. The summed E-state index contributed by atoms with van der Waals surface area (Å²) in [4.78, 5) is 12.5. The zero-order valence-electron chi connectivity index (χ0n) is 11.7. The quantitative estimate of drug-likeness (QED) is 0.343. The van der Waals surface area contributed by atoms with Crippen LogP contribution in [-0.4, -0.2) is 17.0 Å². The maximum Gasteiger partial charge on any atom is 0.228 e. The van der Waals surface area contributed by atoms with Crippen molar-refractivity contribution in [2.45, 2.75) is 19.3 Å². The minimum atomic E-state index is 0.0157. The number of rotatable bonds is 3. The van der Waals surface area contributed by atoms with E-state index in [2.05, 4.69) is 10.5 Å². The summed E-state index contributed by atoms with van der Waals surface area (Å²) in [6.45, 7) is 0. The Balaban J connectivity index is 1.51. The van der Waals surface area contributed by atoms with Crippen LogP contribution in [0.25, 0.3) is 0 Å². The summed E-state index contributed by atoms with van der Waals surface area (Å²) in [5.74, 6) is 3.06. The molecule has 0 saturated heterocycles. The molecule has 4 atom stereocenters. The molecule has 2 bridgehead atoms. The maximum atomic E-state index is 12.5. The van der Waals surface area contributed by atoms with Crippen molar-refractivity contribution < 1.29 is 10.0 Å². The third-order valence-corrected chi connectivity index (χ3v) is 5.61. The number of carbonyl (C=O) groups excluding carboxylic acids is 1. The zero-order chi connectivity index (χ0) is 14.6. The number of anilines is 1. The fourth-order valence-electron chi connectivity index (χ4n) is 4.76. The summed E-state index contributed by atoms with van der Waals surface area (Å²) in [6.07, 6.45) is 3.94. The molecule has 3 saturated carbocycles. The molecular formula is C16H19N3O2. The van der Waals surface area contributed by atoms with Crippen LogP contribution in [0.5, 0.6) is 0 Å². The number of para-hydroxylation sites is 1. The number of nitrogens with zero attached hydrogens (tertiary/aromatic N) is 1. The number of carbonyl (C=O) groups is 1. The second-order valence-electron chi connectivity index (χ2n) is 6.53. The molecule has 5 heteroatoms. The minimum absolute atomic E-state index is 0.0157. The van der Waals surface area contributed by atoms with Crippen molar-refractivity contribution in [1.29, 1.82) is 0 Å². The van der Waals surface area contributed by atoms with Crippen LogP contribution in [0.2, 0.25) is 0 Å². The topological polar surface area (TPSA) is 87.7 Å². The van der Waals surface area contributed by atoms with Crippen molar-refractivity contribution in [3.05, 3.63) is 29.8 Å². The van der Waals surface area contributed by atoms with E-state index in [1.807, 2.05) is 6.07 Å². The monoisotopic (exact) mass is 285 g/mol. The molecule has 1 aromatic carbocycles. The van der Waals surface area contributed by atoms with Crippen molar-refractivity contribution in [1.82, 2.24) is 0 Å². The highest BCUT2D eigenvalue weighted by atomic mass is 16.4. The van der Waals surface area contributed by atoms with Crippen LogP contribution in [0.4, 0.5) is 5.69 Å². The van der Waals surface area contributed by atoms with Gasteiger partial charge in [-0.25, -0.2) is 0 Å². The van der Waals surface area contributed by atoms with Gasteiger partial charge < -0.3 is 16.3 Å². The molecule has 1 aromatic rings. The molecule has 3 aliphatic rings. The summed E-state index contributed by atoms with van der Waals surface area (Å²) in [7, 11) is 0.